The fraction of sp³-hybridized carbons (Fsp3) is 0.444. The van der Waals surface area contributed by atoms with Gasteiger partial charge in [-0.2, -0.15) is 5.10 Å². The molecular formula is C18H23ClN4O. The van der Waals surface area contributed by atoms with E-state index in [9.17, 15) is 4.79 Å². The van der Waals surface area contributed by atoms with Gasteiger partial charge in [-0.1, -0.05) is 29.8 Å². The van der Waals surface area contributed by atoms with Crippen molar-refractivity contribution in [3.05, 3.63) is 52.3 Å². The van der Waals surface area contributed by atoms with E-state index in [1.807, 2.05) is 4.90 Å². The summed E-state index contributed by atoms with van der Waals surface area (Å²) in [5.74, 6) is 0.0650. The molecule has 128 valence electrons. The van der Waals surface area contributed by atoms with Gasteiger partial charge in [-0.15, -0.1) is 12.4 Å². The molecule has 1 amide bonds. The maximum atomic E-state index is 13.1. The maximum absolute atomic E-state index is 13.1. The van der Waals surface area contributed by atoms with Crippen molar-refractivity contribution >= 4 is 18.3 Å². The molecule has 0 spiro atoms. The Balaban J connectivity index is 0.00000169. The number of rotatable bonds is 2. The highest BCUT2D eigenvalue weighted by atomic mass is 35.5. The summed E-state index contributed by atoms with van der Waals surface area (Å²) in [5, 5.41) is 10.7. The molecule has 1 saturated heterocycles. The van der Waals surface area contributed by atoms with Crippen molar-refractivity contribution in [2.75, 3.05) is 13.1 Å². The Morgan fingerprint density at radius 3 is 3.08 bits per heavy atom. The number of carbonyl (C=O) groups is 1. The van der Waals surface area contributed by atoms with E-state index in [0.29, 0.717) is 5.69 Å². The lowest BCUT2D eigenvalue weighted by atomic mass is 10.0. The number of benzene rings is 1. The first-order valence-electron chi connectivity index (χ1n) is 8.38. The summed E-state index contributed by atoms with van der Waals surface area (Å²) in [7, 11) is 0. The zero-order valence-electron chi connectivity index (χ0n) is 13.8. The van der Waals surface area contributed by atoms with Crippen LogP contribution in [0.4, 0.5) is 0 Å². The topological polar surface area (TPSA) is 61.0 Å². The van der Waals surface area contributed by atoms with E-state index in [1.165, 1.54) is 11.1 Å². The van der Waals surface area contributed by atoms with E-state index in [-0.39, 0.29) is 24.4 Å². The molecule has 1 aromatic heterocycles. The van der Waals surface area contributed by atoms with Gasteiger partial charge in [-0.25, -0.2) is 0 Å². The van der Waals surface area contributed by atoms with Crippen LogP contribution in [0.2, 0.25) is 0 Å². The minimum atomic E-state index is 0. The Morgan fingerprint density at radius 2 is 2.25 bits per heavy atom. The second-order valence-electron chi connectivity index (χ2n) is 6.53. The average Bonchev–Trinajstić information content (AvgIpc) is 3.21. The van der Waals surface area contributed by atoms with E-state index in [0.717, 1.165) is 50.2 Å². The van der Waals surface area contributed by atoms with Crippen molar-refractivity contribution in [3.63, 3.8) is 0 Å². The molecule has 5 nitrogen and oxygen atoms in total. The van der Waals surface area contributed by atoms with Gasteiger partial charge in [0, 0.05) is 37.3 Å². The van der Waals surface area contributed by atoms with E-state index >= 15 is 0 Å². The molecule has 1 fully saturated rings. The predicted molar refractivity (Wildman–Crippen MR) is 95.4 cm³/mol. The standard InChI is InChI=1S/C18H22N4O.ClH/c1-12-4-2-5-13(10-12)16-6-3-9-22(16)18(23)17-14-11-19-8-7-15(14)20-21-17;/h2,4-5,10,16,19H,3,6-9,11H2,1H3,(H,20,21);1H. The Hall–Kier alpha value is -1.85. The summed E-state index contributed by atoms with van der Waals surface area (Å²) in [4.78, 5) is 15.1. The molecule has 2 aliphatic heterocycles. The highest BCUT2D eigenvalue weighted by Gasteiger charge is 2.33. The Labute approximate surface area is 148 Å². The lowest BCUT2D eigenvalue weighted by Gasteiger charge is -2.25. The number of H-pyrrole nitrogens is 1. The van der Waals surface area contributed by atoms with Crippen LogP contribution in [0.3, 0.4) is 0 Å². The van der Waals surface area contributed by atoms with Gasteiger partial charge in [-0.3, -0.25) is 9.89 Å². The molecule has 0 bridgehead atoms. The van der Waals surface area contributed by atoms with Gasteiger partial charge in [-0.05, 0) is 25.3 Å². The maximum Gasteiger partial charge on any atom is 0.275 e. The smallest absolute Gasteiger partial charge is 0.275 e. The van der Waals surface area contributed by atoms with Crippen molar-refractivity contribution in [1.29, 1.82) is 0 Å². The number of carbonyl (C=O) groups excluding carboxylic acids is 1. The van der Waals surface area contributed by atoms with Gasteiger partial charge >= 0.3 is 0 Å². The Bertz CT molecular complexity index is 742. The molecule has 0 aliphatic carbocycles. The van der Waals surface area contributed by atoms with Gasteiger partial charge in [0.25, 0.3) is 5.91 Å². The summed E-state index contributed by atoms with van der Waals surface area (Å²) >= 11 is 0. The van der Waals surface area contributed by atoms with Crippen molar-refractivity contribution in [1.82, 2.24) is 20.4 Å². The monoisotopic (exact) mass is 346 g/mol. The number of hydrogen-bond acceptors (Lipinski definition) is 3. The molecule has 2 N–H and O–H groups in total. The lowest BCUT2D eigenvalue weighted by Crippen LogP contribution is -2.33. The zero-order chi connectivity index (χ0) is 15.8. The van der Waals surface area contributed by atoms with Crippen molar-refractivity contribution in [2.45, 2.75) is 38.8 Å². The van der Waals surface area contributed by atoms with Crippen molar-refractivity contribution in [2.24, 2.45) is 0 Å². The number of nitrogens with zero attached hydrogens (tertiary/aromatic N) is 2. The van der Waals surface area contributed by atoms with Gasteiger partial charge in [0.2, 0.25) is 0 Å². The average molecular weight is 347 g/mol. The third-order valence-corrected chi connectivity index (χ3v) is 4.95. The largest absolute Gasteiger partial charge is 0.330 e. The predicted octanol–water partition coefficient (Wildman–Crippen LogP) is 2.76. The SMILES string of the molecule is Cc1cccc(C2CCCN2C(=O)c2n[nH]c3c2CNCC3)c1.Cl. The minimum absolute atomic E-state index is 0. The molecule has 2 aliphatic rings. The van der Waals surface area contributed by atoms with Crippen LogP contribution in [0, 0.1) is 6.92 Å². The Morgan fingerprint density at radius 1 is 1.38 bits per heavy atom. The lowest BCUT2D eigenvalue weighted by molar-refractivity contribution is 0.0728. The first-order valence-corrected chi connectivity index (χ1v) is 8.38. The molecule has 0 radical (unpaired) electrons. The summed E-state index contributed by atoms with van der Waals surface area (Å²) < 4.78 is 0. The molecule has 3 heterocycles. The summed E-state index contributed by atoms with van der Waals surface area (Å²) in [6.45, 7) is 4.58. The summed E-state index contributed by atoms with van der Waals surface area (Å²) in [6.07, 6.45) is 2.99. The number of amides is 1. The minimum Gasteiger partial charge on any atom is -0.330 e. The molecule has 6 heteroatoms. The van der Waals surface area contributed by atoms with Crippen LogP contribution in [-0.2, 0) is 13.0 Å². The number of hydrogen-bond donors (Lipinski definition) is 2. The van der Waals surface area contributed by atoms with Crippen LogP contribution in [0.25, 0.3) is 0 Å². The third-order valence-electron chi connectivity index (χ3n) is 4.95. The van der Waals surface area contributed by atoms with Crippen molar-refractivity contribution in [3.8, 4) is 0 Å². The van der Waals surface area contributed by atoms with Gasteiger partial charge in [0.1, 0.15) is 0 Å². The fourth-order valence-electron chi connectivity index (χ4n) is 3.77. The quantitative estimate of drug-likeness (QED) is 0.879. The van der Waals surface area contributed by atoms with Gasteiger partial charge in [0.05, 0.1) is 6.04 Å². The van der Waals surface area contributed by atoms with Crippen LogP contribution in [0.5, 0.6) is 0 Å². The first-order chi connectivity index (χ1) is 11.2. The normalized spacial score (nSPS) is 19.7. The van der Waals surface area contributed by atoms with Crippen molar-refractivity contribution < 1.29 is 4.79 Å². The first kappa shape index (κ1) is 17.0. The fourth-order valence-corrected chi connectivity index (χ4v) is 3.77. The Kier molecular flexibility index (Phi) is 4.92. The summed E-state index contributed by atoms with van der Waals surface area (Å²) in [5.41, 5.74) is 5.24. The van der Waals surface area contributed by atoms with Crippen LogP contribution < -0.4 is 5.32 Å². The van der Waals surface area contributed by atoms with E-state index in [2.05, 4.69) is 46.7 Å². The number of nitrogens with one attached hydrogen (secondary N) is 2. The highest BCUT2D eigenvalue weighted by Crippen LogP contribution is 2.34. The molecule has 2 aromatic rings. The molecule has 1 unspecified atom stereocenters. The van der Waals surface area contributed by atoms with Crippen LogP contribution >= 0.6 is 12.4 Å². The molecule has 4 rings (SSSR count). The van der Waals surface area contributed by atoms with E-state index in [1.54, 1.807) is 0 Å². The number of aromatic nitrogens is 2. The molecule has 1 atom stereocenters. The molecular weight excluding hydrogens is 324 g/mol. The second kappa shape index (κ2) is 6.95. The highest BCUT2D eigenvalue weighted by molar-refractivity contribution is 5.94. The van der Waals surface area contributed by atoms with Crippen LogP contribution in [0.15, 0.2) is 24.3 Å². The molecule has 0 saturated carbocycles. The summed E-state index contributed by atoms with van der Waals surface area (Å²) in [6, 6.07) is 8.67. The van der Waals surface area contributed by atoms with Crippen LogP contribution in [0.1, 0.15) is 51.8 Å². The van der Waals surface area contributed by atoms with E-state index < -0.39 is 0 Å². The second-order valence-corrected chi connectivity index (χ2v) is 6.53. The molecule has 24 heavy (non-hydrogen) atoms. The number of aromatic amines is 1. The van der Waals surface area contributed by atoms with Crippen LogP contribution in [-0.4, -0.2) is 34.1 Å². The number of halogens is 1. The zero-order valence-corrected chi connectivity index (χ0v) is 14.7. The van der Waals surface area contributed by atoms with Gasteiger partial charge in [0.15, 0.2) is 5.69 Å². The number of aryl methyl sites for hydroxylation is 1. The van der Waals surface area contributed by atoms with E-state index in [4.69, 9.17) is 0 Å². The molecule has 1 aromatic carbocycles. The number of fused-ring (bicyclic) bond motifs is 1. The third kappa shape index (κ3) is 2.94. The number of likely N-dealkylation sites (tertiary alicyclic amines) is 1. The van der Waals surface area contributed by atoms with Gasteiger partial charge < -0.3 is 10.2 Å².